The Hall–Kier alpha value is -0.843. The quantitative estimate of drug-likeness (QED) is 0.429. The van der Waals surface area contributed by atoms with Crippen molar-refractivity contribution in [2.45, 2.75) is 85.5 Å². The van der Waals surface area contributed by atoms with E-state index < -0.39 is 25.7 Å². The summed E-state index contributed by atoms with van der Waals surface area (Å²) in [7, 11) is -2.02. The Bertz CT molecular complexity index is 425. The molecule has 0 bridgehead atoms. The first-order valence-electron chi connectivity index (χ1n) is 8.34. The molecule has 2 atom stereocenters. The van der Waals surface area contributed by atoms with Gasteiger partial charge in [-0.25, -0.2) is 0 Å². The molecule has 0 heterocycles. The Balaban J connectivity index is 2.77. The monoisotopic (exact) mass is 328 g/mol. The molecule has 0 aromatic heterocycles. The minimum Gasteiger partial charge on any atom is -0.519 e. The van der Waals surface area contributed by atoms with Gasteiger partial charge >= 0.3 is 11.9 Å². The summed E-state index contributed by atoms with van der Waals surface area (Å²) in [5.74, 6) is -0.866. The highest BCUT2D eigenvalue weighted by Crippen LogP contribution is 2.38. The van der Waals surface area contributed by atoms with E-state index in [1.54, 1.807) is 6.92 Å². The van der Waals surface area contributed by atoms with Crippen molar-refractivity contribution in [2.75, 3.05) is 0 Å². The van der Waals surface area contributed by atoms with E-state index in [0.29, 0.717) is 6.42 Å². The maximum Gasteiger partial charge on any atom is 0.323 e. The van der Waals surface area contributed by atoms with E-state index in [9.17, 15) is 9.59 Å². The number of rotatable bonds is 5. The van der Waals surface area contributed by atoms with E-state index >= 15 is 0 Å². The summed E-state index contributed by atoms with van der Waals surface area (Å²) in [6.45, 7) is 13.7. The second-order valence-electron chi connectivity index (χ2n) is 8.48. The molecule has 0 spiro atoms. The van der Waals surface area contributed by atoms with E-state index in [4.69, 9.17) is 9.16 Å². The summed E-state index contributed by atoms with van der Waals surface area (Å²) in [5.41, 5.74) is -0.994. The lowest BCUT2D eigenvalue weighted by molar-refractivity contribution is -0.172. The summed E-state index contributed by atoms with van der Waals surface area (Å²) >= 11 is 0. The summed E-state index contributed by atoms with van der Waals surface area (Å²) in [4.78, 5) is 25.0. The molecule has 0 N–H and O–H groups in total. The first-order chi connectivity index (χ1) is 9.89. The molecule has 1 aliphatic carbocycles. The fraction of sp³-hybridized carbons (Fsp3) is 0.882. The van der Waals surface area contributed by atoms with Crippen LogP contribution in [0.4, 0.5) is 0 Å². The van der Waals surface area contributed by atoms with Crippen molar-refractivity contribution in [1.29, 1.82) is 0 Å². The van der Waals surface area contributed by atoms with Gasteiger partial charge in [0.15, 0.2) is 5.41 Å². The molecule has 5 heteroatoms. The van der Waals surface area contributed by atoms with E-state index in [1.165, 1.54) is 0 Å². The molecule has 4 nitrogen and oxygen atoms in total. The van der Waals surface area contributed by atoms with E-state index in [1.807, 2.05) is 26.6 Å². The molecule has 0 radical (unpaired) electrons. The van der Waals surface area contributed by atoms with Crippen LogP contribution < -0.4 is 0 Å². The largest absolute Gasteiger partial charge is 0.519 e. The van der Waals surface area contributed by atoms with Crippen molar-refractivity contribution in [3.63, 3.8) is 0 Å². The maximum atomic E-state index is 12.6. The van der Waals surface area contributed by atoms with E-state index in [-0.39, 0.29) is 11.5 Å². The molecule has 1 saturated carbocycles. The molecular weight excluding hydrogens is 296 g/mol. The fourth-order valence-corrected chi connectivity index (χ4v) is 3.55. The van der Waals surface area contributed by atoms with Gasteiger partial charge in [0.25, 0.3) is 0 Å². The second kappa shape index (κ2) is 6.73. The molecule has 1 aliphatic rings. The fourth-order valence-electron chi connectivity index (χ4n) is 2.77. The molecule has 0 aliphatic heterocycles. The van der Waals surface area contributed by atoms with Crippen LogP contribution in [0.2, 0.25) is 19.6 Å². The zero-order chi connectivity index (χ0) is 17.2. The predicted molar refractivity (Wildman–Crippen MR) is 90.0 cm³/mol. The third-order valence-corrected chi connectivity index (χ3v) is 5.24. The van der Waals surface area contributed by atoms with Gasteiger partial charge in [0, 0.05) is 0 Å². The molecule has 0 saturated heterocycles. The Morgan fingerprint density at radius 2 is 1.82 bits per heavy atom. The summed E-state index contributed by atoms with van der Waals surface area (Å²) in [5, 5.41) is 0. The summed E-state index contributed by atoms with van der Waals surface area (Å²) in [6.07, 6.45) is 4.28. The van der Waals surface area contributed by atoms with Gasteiger partial charge < -0.3 is 9.16 Å². The molecule has 0 amide bonds. The number of carbonyl (C=O) groups excluding carboxylic acids is 2. The second-order valence-corrected chi connectivity index (χ2v) is 12.9. The average Bonchev–Trinajstić information content (AvgIpc) is 2.34. The summed E-state index contributed by atoms with van der Waals surface area (Å²) in [6, 6.07) is 0. The first kappa shape index (κ1) is 19.2. The predicted octanol–water partition coefficient (Wildman–Crippen LogP) is 4.29. The lowest BCUT2D eigenvalue weighted by atomic mass is 9.76. The Morgan fingerprint density at radius 1 is 1.23 bits per heavy atom. The van der Waals surface area contributed by atoms with Crippen LogP contribution >= 0.6 is 0 Å². The summed E-state index contributed by atoms with van der Waals surface area (Å²) < 4.78 is 11.2. The van der Waals surface area contributed by atoms with Crippen LogP contribution in [-0.2, 0) is 18.8 Å². The highest BCUT2D eigenvalue weighted by atomic mass is 28.4. The van der Waals surface area contributed by atoms with E-state index in [2.05, 4.69) is 13.8 Å². The maximum absolute atomic E-state index is 12.6. The smallest absolute Gasteiger partial charge is 0.323 e. The van der Waals surface area contributed by atoms with Crippen molar-refractivity contribution in [1.82, 2.24) is 0 Å². The van der Waals surface area contributed by atoms with Crippen LogP contribution in [0.15, 0.2) is 0 Å². The molecule has 0 aromatic carbocycles. The van der Waals surface area contributed by atoms with Gasteiger partial charge in [-0.2, -0.15) is 0 Å². The Labute approximate surface area is 136 Å². The van der Waals surface area contributed by atoms with Crippen LogP contribution in [0.1, 0.15) is 59.8 Å². The van der Waals surface area contributed by atoms with Crippen LogP contribution in [-0.4, -0.2) is 26.4 Å². The molecule has 0 aromatic rings. The van der Waals surface area contributed by atoms with Crippen molar-refractivity contribution in [2.24, 2.45) is 10.8 Å². The van der Waals surface area contributed by atoms with Crippen molar-refractivity contribution in [3.05, 3.63) is 0 Å². The highest BCUT2D eigenvalue weighted by molar-refractivity contribution is 6.71. The van der Waals surface area contributed by atoms with Crippen molar-refractivity contribution >= 4 is 20.3 Å². The van der Waals surface area contributed by atoms with Crippen molar-refractivity contribution < 1.29 is 18.8 Å². The van der Waals surface area contributed by atoms with Crippen molar-refractivity contribution in [3.8, 4) is 0 Å². The van der Waals surface area contributed by atoms with Crippen LogP contribution in [0.25, 0.3) is 0 Å². The number of hydrogen-bond donors (Lipinski definition) is 0. The third kappa shape index (κ3) is 5.11. The standard InChI is InChI=1S/C17H32O4Si/c1-8-17(4,15(19)21-22(5,6)7)14(18)20-13-10-9-11-16(2,3)12-13/h13H,8-12H2,1-7H3. The number of carbonyl (C=O) groups is 2. The molecular formula is C17H32O4Si. The van der Waals surface area contributed by atoms with Gasteiger partial charge in [-0.1, -0.05) is 20.8 Å². The van der Waals surface area contributed by atoms with Gasteiger partial charge in [0.2, 0.25) is 8.32 Å². The Kier molecular flexibility index (Phi) is 5.87. The zero-order valence-electron chi connectivity index (χ0n) is 15.2. The van der Waals surface area contributed by atoms with Crippen LogP contribution in [0, 0.1) is 10.8 Å². The van der Waals surface area contributed by atoms with E-state index in [0.717, 1.165) is 25.7 Å². The van der Waals surface area contributed by atoms with Crippen LogP contribution in [0.3, 0.4) is 0 Å². The average molecular weight is 329 g/mol. The first-order valence-corrected chi connectivity index (χ1v) is 11.7. The third-order valence-electron chi connectivity index (χ3n) is 4.44. The minimum atomic E-state index is -2.02. The molecule has 2 unspecified atom stereocenters. The van der Waals surface area contributed by atoms with Crippen LogP contribution in [0.5, 0.6) is 0 Å². The highest BCUT2D eigenvalue weighted by Gasteiger charge is 2.45. The van der Waals surface area contributed by atoms with Gasteiger partial charge in [-0.3, -0.25) is 9.59 Å². The van der Waals surface area contributed by atoms with Gasteiger partial charge in [-0.05, 0) is 64.1 Å². The molecule has 22 heavy (non-hydrogen) atoms. The zero-order valence-corrected chi connectivity index (χ0v) is 16.2. The molecule has 1 fully saturated rings. The normalized spacial score (nSPS) is 24.2. The Morgan fingerprint density at radius 3 is 2.27 bits per heavy atom. The SMILES string of the molecule is CCC(C)(C(=O)OC1CCCC(C)(C)C1)C(=O)O[Si](C)(C)C. The number of ether oxygens (including phenoxy) is 1. The number of hydrogen-bond acceptors (Lipinski definition) is 4. The van der Waals surface area contributed by atoms with Gasteiger partial charge in [0.05, 0.1) is 0 Å². The number of esters is 1. The van der Waals surface area contributed by atoms with Gasteiger partial charge in [0.1, 0.15) is 6.10 Å². The lowest BCUT2D eigenvalue weighted by Crippen LogP contribution is -2.45. The topological polar surface area (TPSA) is 52.6 Å². The van der Waals surface area contributed by atoms with Gasteiger partial charge in [-0.15, -0.1) is 0 Å². The molecule has 1 rings (SSSR count). The molecule has 128 valence electrons. The minimum absolute atomic E-state index is 0.0817. The lowest BCUT2D eigenvalue weighted by Gasteiger charge is -2.36.